The first-order valence-corrected chi connectivity index (χ1v) is 6.54. The first kappa shape index (κ1) is 20.3. The second kappa shape index (κ2) is 15.0. The van der Waals surface area contributed by atoms with Crippen LogP contribution in [0.1, 0.15) is 66.1 Å². The average Bonchev–Trinajstić information content (AvgIpc) is 2.27. The fourth-order valence-corrected chi connectivity index (χ4v) is 1.52. The zero-order valence-corrected chi connectivity index (χ0v) is 13.7. The van der Waals surface area contributed by atoms with Crippen LogP contribution >= 0.6 is 0 Å². The summed E-state index contributed by atoms with van der Waals surface area (Å²) in [6.07, 6.45) is 7.58. The number of ether oxygens (including phenoxy) is 1. The van der Waals surface area contributed by atoms with Gasteiger partial charge in [0.05, 0.1) is 6.61 Å². The molecule has 0 aromatic rings. The van der Waals surface area contributed by atoms with Gasteiger partial charge in [0.25, 0.3) is 0 Å². The Bertz CT molecular complexity index is 225. The molecule has 0 fully saturated rings. The number of carboxylic acids is 1. The first-order chi connectivity index (χ1) is 8.16. The summed E-state index contributed by atoms with van der Waals surface area (Å²) in [5.74, 6) is -1.14. The van der Waals surface area contributed by atoms with Gasteiger partial charge in [-0.15, -0.1) is 0 Å². The number of carbonyl (C=O) groups excluding carboxylic acids is 1. The number of hydrogen-bond donors (Lipinski definition) is 1. The van der Waals surface area contributed by atoms with Crippen LogP contribution in [0.15, 0.2) is 0 Å². The van der Waals surface area contributed by atoms with E-state index in [1.165, 1.54) is 25.7 Å². The van der Waals surface area contributed by atoms with Crippen molar-refractivity contribution in [2.24, 2.45) is 0 Å². The van der Waals surface area contributed by atoms with Gasteiger partial charge in [0.1, 0.15) is 0 Å². The van der Waals surface area contributed by atoms with Crippen LogP contribution in [-0.4, -0.2) is 23.7 Å². The van der Waals surface area contributed by atoms with Crippen LogP contribution in [0.4, 0.5) is 0 Å². The molecule has 5 heteroatoms. The summed E-state index contributed by atoms with van der Waals surface area (Å²) in [4.78, 5) is 21.4. The number of unbranched alkanes of at least 4 members (excludes halogenated alkanes) is 5. The van der Waals surface area contributed by atoms with Crippen molar-refractivity contribution in [1.82, 2.24) is 0 Å². The third-order valence-electron chi connectivity index (χ3n) is 2.53. The zero-order chi connectivity index (χ0) is 12.9. The molecule has 0 radical (unpaired) electrons. The Kier molecular flexibility index (Phi) is 16.9. The third kappa shape index (κ3) is 15.9. The number of rotatable bonds is 11. The molecular formula is C13H25NaO4. The SMILES string of the molecule is CCCCCCCCOC(=O)CCCC(=O)O.[H-].[Na+]. The van der Waals surface area contributed by atoms with E-state index in [1.807, 2.05) is 0 Å². The van der Waals surface area contributed by atoms with Crippen molar-refractivity contribution in [2.75, 3.05) is 6.61 Å². The standard InChI is InChI=1S/C13H24O4.Na.H/c1-2-3-4-5-6-7-11-17-13(16)10-8-9-12(14)15;;/h2-11H2,1H3,(H,14,15);;/q;+1;-1. The molecule has 102 valence electrons. The molecule has 0 bridgehead atoms. The van der Waals surface area contributed by atoms with Crippen LogP contribution in [0.25, 0.3) is 0 Å². The average molecular weight is 268 g/mol. The fourth-order valence-electron chi connectivity index (χ4n) is 1.52. The molecule has 4 nitrogen and oxygen atoms in total. The number of carbonyl (C=O) groups is 2. The van der Waals surface area contributed by atoms with Crippen LogP contribution < -0.4 is 29.6 Å². The molecule has 0 aliphatic carbocycles. The van der Waals surface area contributed by atoms with Crippen molar-refractivity contribution in [3.63, 3.8) is 0 Å². The van der Waals surface area contributed by atoms with Crippen molar-refractivity contribution in [3.8, 4) is 0 Å². The van der Waals surface area contributed by atoms with Crippen LogP contribution in [0.2, 0.25) is 0 Å². The molecule has 0 aliphatic rings. The third-order valence-corrected chi connectivity index (χ3v) is 2.53. The van der Waals surface area contributed by atoms with Gasteiger partial charge in [-0.2, -0.15) is 0 Å². The molecule has 0 aromatic carbocycles. The Morgan fingerprint density at radius 1 is 1.00 bits per heavy atom. The number of hydrogen-bond acceptors (Lipinski definition) is 3. The van der Waals surface area contributed by atoms with E-state index in [0.717, 1.165) is 12.8 Å². The van der Waals surface area contributed by atoms with E-state index in [1.54, 1.807) is 0 Å². The quantitative estimate of drug-likeness (QED) is 0.332. The Morgan fingerprint density at radius 2 is 1.61 bits per heavy atom. The summed E-state index contributed by atoms with van der Waals surface area (Å²) in [5.41, 5.74) is 0. The summed E-state index contributed by atoms with van der Waals surface area (Å²) < 4.78 is 5.00. The van der Waals surface area contributed by atoms with Gasteiger partial charge in [-0.1, -0.05) is 39.0 Å². The summed E-state index contributed by atoms with van der Waals surface area (Å²) in [6, 6.07) is 0. The molecule has 0 saturated heterocycles. The van der Waals surface area contributed by atoms with Crippen LogP contribution in [0.3, 0.4) is 0 Å². The maximum Gasteiger partial charge on any atom is 1.00 e. The van der Waals surface area contributed by atoms with E-state index >= 15 is 0 Å². The Labute approximate surface area is 133 Å². The van der Waals surface area contributed by atoms with E-state index in [4.69, 9.17) is 9.84 Å². The van der Waals surface area contributed by atoms with E-state index in [0.29, 0.717) is 13.0 Å². The van der Waals surface area contributed by atoms with Gasteiger partial charge in [-0.25, -0.2) is 0 Å². The minimum absolute atomic E-state index is 0. The van der Waals surface area contributed by atoms with E-state index in [-0.39, 0.29) is 49.8 Å². The zero-order valence-electron chi connectivity index (χ0n) is 12.7. The van der Waals surface area contributed by atoms with Crippen molar-refractivity contribution in [1.29, 1.82) is 0 Å². The maximum absolute atomic E-state index is 11.1. The Balaban J connectivity index is -0.00000128. The van der Waals surface area contributed by atoms with Gasteiger partial charge in [0, 0.05) is 12.8 Å². The molecule has 0 atom stereocenters. The summed E-state index contributed by atoms with van der Waals surface area (Å²) in [7, 11) is 0. The van der Waals surface area contributed by atoms with E-state index in [2.05, 4.69) is 6.92 Å². The van der Waals surface area contributed by atoms with Gasteiger partial charge in [-0.05, 0) is 12.8 Å². The van der Waals surface area contributed by atoms with Gasteiger partial charge in [-0.3, -0.25) is 9.59 Å². The van der Waals surface area contributed by atoms with E-state index < -0.39 is 5.97 Å². The molecule has 0 amide bonds. The summed E-state index contributed by atoms with van der Waals surface area (Å²) in [6.45, 7) is 2.65. The molecule has 0 aliphatic heterocycles. The molecule has 0 heterocycles. The minimum Gasteiger partial charge on any atom is -1.00 e. The smallest absolute Gasteiger partial charge is 1.00 e. The van der Waals surface area contributed by atoms with Crippen molar-refractivity contribution < 1.29 is 50.4 Å². The molecule has 18 heavy (non-hydrogen) atoms. The summed E-state index contributed by atoms with van der Waals surface area (Å²) >= 11 is 0. The van der Waals surface area contributed by atoms with Gasteiger partial charge >= 0.3 is 41.5 Å². The molecule has 0 spiro atoms. The van der Waals surface area contributed by atoms with Crippen molar-refractivity contribution in [3.05, 3.63) is 0 Å². The molecule has 0 unspecified atom stereocenters. The first-order valence-electron chi connectivity index (χ1n) is 6.54. The predicted octanol–water partition coefficient (Wildman–Crippen LogP) is 0.262. The van der Waals surface area contributed by atoms with Crippen molar-refractivity contribution in [2.45, 2.75) is 64.7 Å². The maximum atomic E-state index is 11.1. The molecule has 1 N–H and O–H groups in total. The molecule has 0 saturated carbocycles. The molecule has 0 rings (SSSR count). The topological polar surface area (TPSA) is 63.6 Å². The van der Waals surface area contributed by atoms with Gasteiger partial charge < -0.3 is 11.3 Å². The normalized spacial score (nSPS) is 9.61. The fraction of sp³-hybridized carbons (Fsp3) is 0.846. The minimum atomic E-state index is -0.867. The largest absolute Gasteiger partial charge is 1.00 e. The van der Waals surface area contributed by atoms with E-state index in [9.17, 15) is 9.59 Å². The van der Waals surface area contributed by atoms with Gasteiger partial charge in [0.15, 0.2) is 0 Å². The Hall–Kier alpha value is -0.0600. The van der Waals surface area contributed by atoms with Crippen molar-refractivity contribution >= 4 is 11.9 Å². The van der Waals surface area contributed by atoms with Crippen LogP contribution in [0, 0.1) is 0 Å². The van der Waals surface area contributed by atoms with Gasteiger partial charge in [0.2, 0.25) is 0 Å². The van der Waals surface area contributed by atoms with Crippen LogP contribution in [0.5, 0.6) is 0 Å². The molecular weight excluding hydrogens is 243 g/mol. The molecule has 0 aromatic heterocycles. The van der Waals surface area contributed by atoms with Crippen LogP contribution in [-0.2, 0) is 14.3 Å². The predicted molar refractivity (Wildman–Crippen MR) is 66.9 cm³/mol. The number of carboxylic acid groups (broad SMARTS) is 1. The summed E-state index contributed by atoms with van der Waals surface area (Å²) in [5, 5.41) is 8.39. The second-order valence-electron chi connectivity index (χ2n) is 4.24. The second-order valence-corrected chi connectivity index (χ2v) is 4.24. The number of aliphatic carboxylic acids is 1. The monoisotopic (exact) mass is 268 g/mol. The number of esters is 1. The Morgan fingerprint density at radius 3 is 2.22 bits per heavy atom.